The number of hydrogen-bond donors (Lipinski definition) is 0. The van der Waals surface area contributed by atoms with Crippen molar-refractivity contribution in [1.29, 1.82) is 0 Å². The molecule has 0 spiro atoms. The fourth-order valence-corrected chi connectivity index (χ4v) is 2.47. The van der Waals surface area contributed by atoms with Crippen LogP contribution in [0.3, 0.4) is 0 Å². The Kier molecular flexibility index (Phi) is 5.59. The van der Waals surface area contributed by atoms with Gasteiger partial charge in [0.2, 0.25) is 0 Å². The summed E-state index contributed by atoms with van der Waals surface area (Å²) >= 11 is 3.42. The number of carbonyl (C=O) groups excluding carboxylic acids is 1. The lowest BCUT2D eigenvalue weighted by Crippen LogP contribution is -2.33. The Morgan fingerprint density at radius 3 is 2.67 bits per heavy atom. The molecule has 2 aromatic rings. The van der Waals surface area contributed by atoms with Crippen LogP contribution in [0.1, 0.15) is 21.9 Å². The number of methoxy groups -OCH3 is 1. The molecule has 1 aromatic heterocycles. The van der Waals surface area contributed by atoms with Crippen molar-refractivity contribution in [2.45, 2.75) is 13.5 Å². The number of halogens is 1. The van der Waals surface area contributed by atoms with Gasteiger partial charge in [0, 0.05) is 18.1 Å². The molecule has 0 bridgehead atoms. The van der Waals surface area contributed by atoms with Gasteiger partial charge in [-0.05, 0) is 47.1 Å². The molecule has 4 nitrogen and oxygen atoms in total. The van der Waals surface area contributed by atoms with E-state index < -0.39 is 0 Å². The van der Waals surface area contributed by atoms with Crippen molar-refractivity contribution in [2.24, 2.45) is 0 Å². The van der Waals surface area contributed by atoms with E-state index in [2.05, 4.69) is 15.9 Å². The van der Waals surface area contributed by atoms with Gasteiger partial charge in [0.25, 0.3) is 5.91 Å². The second kappa shape index (κ2) is 7.43. The summed E-state index contributed by atoms with van der Waals surface area (Å²) in [6.07, 6.45) is 0. The summed E-state index contributed by atoms with van der Waals surface area (Å²) in [5.74, 6) is 1.56. The smallest absolute Gasteiger partial charge is 0.255 e. The normalized spacial score (nSPS) is 10.6. The first-order chi connectivity index (χ1) is 10.1. The molecule has 2 rings (SSSR count). The highest BCUT2D eigenvalue weighted by molar-refractivity contribution is 9.10. The molecule has 0 N–H and O–H groups in total. The lowest BCUT2D eigenvalue weighted by molar-refractivity contribution is 0.0665. The summed E-state index contributed by atoms with van der Waals surface area (Å²) < 4.78 is 11.4. The second-order valence-electron chi connectivity index (χ2n) is 4.71. The molecule has 0 aliphatic rings. The summed E-state index contributed by atoms with van der Waals surface area (Å²) in [5.41, 5.74) is 0.636. The van der Waals surface area contributed by atoms with Gasteiger partial charge in [-0.15, -0.1) is 0 Å². The van der Waals surface area contributed by atoms with Crippen LogP contribution in [0.25, 0.3) is 0 Å². The molecular weight excluding hydrogens is 334 g/mol. The van der Waals surface area contributed by atoms with Crippen LogP contribution in [0.4, 0.5) is 0 Å². The molecule has 1 heterocycles. The first-order valence-electron chi connectivity index (χ1n) is 6.70. The standard InChI is InChI=1S/C16H18BrNO3/c1-12-7-8-13(21-12)11-18(9-10-20-2)16(19)14-5-3-4-6-15(14)17/h3-8H,9-11H2,1-2H3. The van der Waals surface area contributed by atoms with Crippen LogP contribution >= 0.6 is 15.9 Å². The molecule has 0 atom stereocenters. The molecular formula is C16H18BrNO3. The van der Waals surface area contributed by atoms with Crippen LogP contribution in [0.5, 0.6) is 0 Å². The van der Waals surface area contributed by atoms with Crippen LogP contribution < -0.4 is 0 Å². The van der Waals surface area contributed by atoms with Gasteiger partial charge < -0.3 is 14.1 Å². The van der Waals surface area contributed by atoms with Crippen LogP contribution in [0.15, 0.2) is 45.3 Å². The Balaban J connectivity index is 2.18. The SMILES string of the molecule is COCCN(Cc1ccc(C)o1)C(=O)c1ccccc1Br. The lowest BCUT2D eigenvalue weighted by atomic mass is 10.2. The maximum absolute atomic E-state index is 12.7. The zero-order valence-electron chi connectivity index (χ0n) is 12.1. The highest BCUT2D eigenvalue weighted by Gasteiger charge is 2.19. The minimum absolute atomic E-state index is 0.0476. The first-order valence-corrected chi connectivity index (χ1v) is 7.49. The van der Waals surface area contributed by atoms with Crippen LogP contribution in [-0.2, 0) is 11.3 Å². The quantitative estimate of drug-likeness (QED) is 0.797. The van der Waals surface area contributed by atoms with E-state index in [9.17, 15) is 4.79 Å². The van der Waals surface area contributed by atoms with E-state index in [0.29, 0.717) is 25.3 Å². The van der Waals surface area contributed by atoms with Gasteiger partial charge in [0.05, 0.1) is 18.7 Å². The van der Waals surface area contributed by atoms with Crippen molar-refractivity contribution < 1.29 is 13.9 Å². The Labute approximate surface area is 132 Å². The zero-order chi connectivity index (χ0) is 15.2. The molecule has 5 heteroatoms. The predicted octanol–water partition coefficient (Wildman–Crippen LogP) is 3.64. The molecule has 0 aliphatic carbocycles. The number of benzene rings is 1. The summed E-state index contributed by atoms with van der Waals surface area (Å²) in [4.78, 5) is 14.4. The first kappa shape index (κ1) is 15.8. The number of rotatable bonds is 6. The molecule has 0 saturated heterocycles. The molecule has 0 saturated carbocycles. The van der Waals surface area contributed by atoms with Gasteiger partial charge in [0.15, 0.2) is 0 Å². The Morgan fingerprint density at radius 1 is 1.29 bits per heavy atom. The van der Waals surface area contributed by atoms with Crippen molar-refractivity contribution in [3.05, 3.63) is 58.0 Å². The summed E-state index contributed by atoms with van der Waals surface area (Å²) in [6.45, 7) is 3.31. The fraction of sp³-hybridized carbons (Fsp3) is 0.312. The van der Waals surface area contributed by atoms with Crippen molar-refractivity contribution in [3.8, 4) is 0 Å². The minimum atomic E-state index is -0.0476. The van der Waals surface area contributed by atoms with E-state index in [0.717, 1.165) is 16.0 Å². The molecule has 0 aliphatic heterocycles. The molecule has 21 heavy (non-hydrogen) atoms. The van der Waals surface area contributed by atoms with E-state index >= 15 is 0 Å². The van der Waals surface area contributed by atoms with Crippen molar-refractivity contribution in [3.63, 3.8) is 0 Å². The Hall–Kier alpha value is -1.59. The molecule has 1 aromatic carbocycles. The van der Waals surface area contributed by atoms with E-state index in [1.165, 1.54) is 0 Å². The summed E-state index contributed by atoms with van der Waals surface area (Å²) in [5, 5.41) is 0. The van der Waals surface area contributed by atoms with Gasteiger partial charge in [-0.25, -0.2) is 0 Å². The number of carbonyl (C=O) groups is 1. The van der Waals surface area contributed by atoms with Gasteiger partial charge in [-0.3, -0.25) is 4.79 Å². The second-order valence-corrected chi connectivity index (χ2v) is 5.57. The van der Waals surface area contributed by atoms with E-state index in [-0.39, 0.29) is 5.91 Å². The number of furan rings is 1. The largest absolute Gasteiger partial charge is 0.464 e. The van der Waals surface area contributed by atoms with Crippen LogP contribution in [-0.4, -0.2) is 31.1 Å². The van der Waals surface area contributed by atoms with E-state index in [1.807, 2.05) is 37.3 Å². The highest BCUT2D eigenvalue weighted by atomic mass is 79.9. The van der Waals surface area contributed by atoms with Gasteiger partial charge in [-0.2, -0.15) is 0 Å². The molecule has 112 valence electrons. The number of ether oxygens (including phenoxy) is 1. The van der Waals surface area contributed by atoms with Crippen molar-refractivity contribution in [2.75, 3.05) is 20.3 Å². The zero-order valence-corrected chi connectivity index (χ0v) is 13.7. The maximum atomic E-state index is 12.7. The minimum Gasteiger partial charge on any atom is -0.464 e. The molecule has 0 radical (unpaired) electrons. The third-order valence-corrected chi connectivity index (χ3v) is 3.79. The number of nitrogens with zero attached hydrogens (tertiary/aromatic N) is 1. The van der Waals surface area contributed by atoms with E-state index in [1.54, 1.807) is 18.1 Å². The summed E-state index contributed by atoms with van der Waals surface area (Å²) in [6, 6.07) is 11.2. The average Bonchev–Trinajstić information content (AvgIpc) is 2.88. The van der Waals surface area contributed by atoms with E-state index in [4.69, 9.17) is 9.15 Å². The van der Waals surface area contributed by atoms with Crippen LogP contribution in [0.2, 0.25) is 0 Å². The number of aryl methyl sites for hydroxylation is 1. The maximum Gasteiger partial charge on any atom is 0.255 e. The molecule has 1 amide bonds. The third-order valence-electron chi connectivity index (χ3n) is 3.10. The third kappa shape index (κ3) is 4.19. The number of hydrogen-bond acceptors (Lipinski definition) is 3. The Morgan fingerprint density at radius 2 is 2.05 bits per heavy atom. The molecule has 0 fully saturated rings. The monoisotopic (exact) mass is 351 g/mol. The summed E-state index contributed by atoms with van der Waals surface area (Å²) in [7, 11) is 1.62. The average molecular weight is 352 g/mol. The molecule has 0 unspecified atom stereocenters. The lowest BCUT2D eigenvalue weighted by Gasteiger charge is -2.22. The highest BCUT2D eigenvalue weighted by Crippen LogP contribution is 2.19. The topological polar surface area (TPSA) is 42.7 Å². The van der Waals surface area contributed by atoms with Crippen molar-refractivity contribution >= 4 is 21.8 Å². The van der Waals surface area contributed by atoms with Gasteiger partial charge in [0.1, 0.15) is 11.5 Å². The van der Waals surface area contributed by atoms with Gasteiger partial charge >= 0.3 is 0 Å². The number of amides is 1. The Bertz CT molecular complexity index is 609. The van der Waals surface area contributed by atoms with Crippen LogP contribution in [0, 0.1) is 6.92 Å². The predicted molar refractivity (Wildman–Crippen MR) is 84.2 cm³/mol. The van der Waals surface area contributed by atoms with Crippen molar-refractivity contribution in [1.82, 2.24) is 4.90 Å². The fourth-order valence-electron chi connectivity index (χ4n) is 2.02. The van der Waals surface area contributed by atoms with Gasteiger partial charge in [-0.1, -0.05) is 12.1 Å².